The molecule has 0 amide bonds. The van der Waals surface area contributed by atoms with Crippen LogP contribution in [0.15, 0.2) is 28.9 Å². The molecule has 3 heteroatoms. The maximum absolute atomic E-state index is 3.55. The van der Waals surface area contributed by atoms with Crippen LogP contribution in [0, 0.1) is 5.92 Å². The molecule has 1 unspecified atom stereocenters. The van der Waals surface area contributed by atoms with Gasteiger partial charge in [0, 0.05) is 21.6 Å². The zero-order chi connectivity index (χ0) is 11.7. The number of aromatic nitrogens is 1. The van der Waals surface area contributed by atoms with E-state index in [1.807, 2.05) is 6.20 Å². The average Bonchev–Trinajstić information content (AvgIpc) is 2.72. The fourth-order valence-electron chi connectivity index (χ4n) is 2.70. The number of rotatable bonds is 2. The van der Waals surface area contributed by atoms with Gasteiger partial charge >= 0.3 is 0 Å². The molecule has 1 saturated heterocycles. The molecule has 2 aromatic rings. The predicted octanol–water partition coefficient (Wildman–Crippen LogP) is 3.47. The summed E-state index contributed by atoms with van der Waals surface area (Å²) in [5, 5.41) is 4.75. The van der Waals surface area contributed by atoms with Crippen molar-refractivity contribution in [3.8, 4) is 0 Å². The van der Waals surface area contributed by atoms with Gasteiger partial charge in [-0.15, -0.1) is 0 Å². The molecule has 17 heavy (non-hydrogen) atoms. The lowest BCUT2D eigenvalue weighted by Crippen LogP contribution is -2.30. The Morgan fingerprint density at radius 3 is 3.12 bits per heavy atom. The molecule has 2 heterocycles. The van der Waals surface area contributed by atoms with Crippen LogP contribution in [0.25, 0.3) is 10.9 Å². The van der Waals surface area contributed by atoms with Gasteiger partial charge in [-0.2, -0.15) is 0 Å². The summed E-state index contributed by atoms with van der Waals surface area (Å²) in [6.45, 7) is 2.37. The van der Waals surface area contributed by atoms with E-state index in [-0.39, 0.29) is 0 Å². The molecule has 3 rings (SSSR count). The third-order valence-corrected chi connectivity index (χ3v) is 4.28. The van der Waals surface area contributed by atoms with E-state index in [0.717, 1.165) is 10.4 Å². The first-order valence-electron chi connectivity index (χ1n) is 6.29. The minimum absolute atomic E-state index is 0.805. The van der Waals surface area contributed by atoms with Crippen molar-refractivity contribution in [1.82, 2.24) is 10.3 Å². The van der Waals surface area contributed by atoms with E-state index in [2.05, 4.69) is 44.4 Å². The van der Waals surface area contributed by atoms with Gasteiger partial charge in [0.05, 0.1) is 0 Å². The van der Waals surface area contributed by atoms with Gasteiger partial charge in [0.2, 0.25) is 0 Å². The summed E-state index contributed by atoms with van der Waals surface area (Å²) in [4.78, 5) is 3.30. The monoisotopic (exact) mass is 292 g/mol. The van der Waals surface area contributed by atoms with Crippen LogP contribution in [0.3, 0.4) is 0 Å². The maximum atomic E-state index is 3.55. The maximum Gasteiger partial charge on any atom is 0.0468 e. The molecule has 0 radical (unpaired) electrons. The summed E-state index contributed by atoms with van der Waals surface area (Å²) in [6, 6.07) is 6.76. The second-order valence-electron chi connectivity index (χ2n) is 4.93. The first kappa shape index (κ1) is 11.3. The molecule has 1 aromatic heterocycles. The van der Waals surface area contributed by atoms with Crippen LogP contribution in [0.1, 0.15) is 18.4 Å². The molecule has 1 aromatic carbocycles. The third-order valence-electron chi connectivity index (χ3n) is 3.62. The van der Waals surface area contributed by atoms with Crippen molar-refractivity contribution in [2.45, 2.75) is 19.3 Å². The van der Waals surface area contributed by atoms with Gasteiger partial charge in [-0.05, 0) is 65.8 Å². The lowest BCUT2D eigenvalue weighted by Gasteiger charge is -2.22. The topological polar surface area (TPSA) is 27.8 Å². The normalized spacial score (nSPS) is 20.9. The first-order valence-corrected chi connectivity index (χ1v) is 7.08. The second kappa shape index (κ2) is 4.83. The lowest BCUT2D eigenvalue weighted by molar-refractivity contribution is 0.376. The fourth-order valence-corrected chi connectivity index (χ4v) is 3.16. The Balaban J connectivity index is 1.80. The number of benzene rings is 1. The Kier molecular flexibility index (Phi) is 3.21. The summed E-state index contributed by atoms with van der Waals surface area (Å²) in [5.41, 5.74) is 2.68. The van der Waals surface area contributed by atoms with Gasteiger partial charge in [0.1, 0.15) is 0 Å². The number of aromatic amines is 1. The minimum atomic E-state index is 0.805. The van der Waals surface area contributed by atoms with Gasteiger partial charge in [0.25, 0.3) is 0 Å². The van der Waals surface area contributed by atoms with Crippen LogP contribution in [-0.2, 0) is 6.42 Å². The Morgan fingerprint density at radius 2 is 2.29 bits per heavy atom. The van der Waals surface area contributed by atoms with Crippen molar-refractivity contribution < 1.29 is 0 Å². The molecule has 0 saturated carbocycles. The highest BCUT2D eigenvalue weighted by Gasteiger charge is 2.13. The number of halogens is 1. The average molecular weight is 293 g/mol. The molecule has 1 atom stereocenters. The number of nitrogens with one attached hydrogen (secondary N) is 2. The Bertz CT molecular complexity index is 512. The summed E-state index contributed by atoms with van der Waals surface area (Å²) in [7, 11) is 0. The Hall–Kier alpha value is -0.800. The third kappa shape index (κ3) is 2.40. The molecule has 2 nitrogen and oxygen atoms in total. The zero-order valence-corrected chi connectivity index (χ0v) is 11.4. The summed E-state index contributed by atoms with van der Waals surface area (Å²) in [5.74, 6) is 0.805. The fraction of sp³-hybridized carbons (Fsp3) is 0.429. The second-order valence-corrected chi connectivity index (χ2v) is 5.79. The van der Waals surface area contributed by atoms with E-state index < -0.39 is 0 Å². The van der Waals surface area contributed by atoms with Crippen LogP contribution in [-0.4, -0.2) is 18.1 Å². The van der Waals surface area contributed by atoms with E-state index in [9.17, 15) is 0 Å². The number of fused-ring (bicyclic) bond motifs is 1. The van der Waals surface area contributed by atoms with Crippen LogP contribution in [0.5, 0.6) is 0 Å². The number of H-pyrrole nitrogens is 1. The lowest BCUT2D eigenvalue weighted by atomic mass is 9.92. The van der Waals surface area contributed by atoms with Gasteiger partial charge in [0.15, 0.2) is 0 Å². The highest BCUT2D eigenvalue weighted by Crippen LogP contribution is 2.25. The van der Waals surface area contributed by atoms with Gasteiger partial charge in [-0.3, -0.25) is 0 Å². The van der Waals surface area contributed by atoms with Gasteiger partial charge in [-0.25, -0.2) is 0 Å². The highest BCUT2D eigenvalue weighted by atomic mass is 79.9. The molecule has 0 aliphatic carbocycles. The molecule has 0 spiro atoms. The molecular weight excluding hydrogens is 276 g/mol. The Morgan fingerprint density at radius 1 is 1.35 bits per heavy atom. The predicted molar refractivity (Wildman–Crippen MR) is 75.3 cm³/mol. The van der Waals surface area contributed by atoms with Crippen molar-refractivity contribution >= 4 is 26.8 Å². The summed E-state index contributed by atoms with van der Waals surface area (Å²) < 4.78 is 1.15. The van der Waals surface area contributed by atoms with Crippen molar-refractivity contribution in [3.63, 3.8) is 0 Å². The molecule has 2 N–H and O–H groups in total. The highest BCUT2D eigenvalue weighted by molar-refractivity contribution is 9.10. The number of hydrogen-bond donors (Lipinski definition) is 2. The molecular formula is C14H17BrN2. The Labute approximate surface area is 110 Å². The van der Waals surface area contributed by atoms with Crippen molar-refractivity contribution in [1.29, 1.82) is 0 Å². The van der Waals surface area contributed by atoms with E-state index in [0.29, 0.717) is 0 Å². The first-order chi connectivity index (χ1) is 8.33. The van der Waals surface area contributed by atoms with Crippen LogP contribution in [0.2, 0.25) is 0 Å². The molecule has 1 aliphatic rings. The van der Waals surface area contributed by atoms with E-state index in [1.165, 1.54) is 48.8 Å². The molecule has 90 valence electrons. The van der Waals surface area contributed by atoms with Crippen LogP contribution < -0.4 is 5.32 Å². The minimum Gasteiger partial charge on any atom is -0.360 e. The van der Waals surface area contributed by atoms with Crippen LogP contribution >= 0.6 is 15.9 Å². The molecule has 0 bridgehead atoms. The summed E-state index contributed by atoms with van der Waals surface area (Å²) in [6.07, 6.45) is 5.89. The summed E-state index contributed by atoms with van der Waals surface area (Å²) >= 11 is 3.55. The van der Waals surface area contributed by atoms with Gasteiger partial charge < -0.3 is 10.3 Å². The van der Waals surface area contributed by atoms with Crippen LogP contribution in [0.4, 0.5) is 0 Å². The molecule has 1 fully saturated rings. The SMILES string of the molecule is Brc1c[nH]c2cc(CC3CCCNC3)ccc12. The number of piperidine rings is 1. The standard InChI is InChI=1S/C14H17BrN2/c15-13-9-17-14-7-10(3-4-12(13)14)6-11-2-1-5-16-8-11/h3-4,7,9,11,16-17H,1-2,5-6,8H2. The van der Waals surface area contributed by atoms with Crippen molar-refractivity contribution in [2.24, 2.45) is 5.92 Å². The van der Waals surface area contributed by atoms with E-state index in [4.69, 9.17) is 0 Å². The van der Waals surface area contributed by atoms with E-state index in [1.54, 1.807) is 0 Å². The smallest absolute Gasteiger partial charge is 0.0468 e. The van der Waals surface area contributed by atoms with Crippen molar-refractivity contribution in [2.75, 3.05) is 13.1 Å². The van der Waals surface area contributed by atoms with Crippen molar-refractivity contribution in [3.05, 3.63) is 34.4 Å². The largest absolute Gasteiger partial charge is 0.360 e. The zero-order valence-electron chi connectivity index (χ0n) is 9.80. The molecule has 1 aliphatic heterocycles. The van der Waals surface area contributed by atoms with Gasteiger partial charge in [-0.1, -0.05) is 12.1 Å². The quantitative estimate of drug-likeness (QED) is 0.872. The van der Waals surface area contributed by atoms with E-state index >= 15 is 0 Å². The number of hydrogen-bond acceptors (Lipinski definition) is 1.